The number of hydrogen-bond acceptors (Lipinski definition) is 3. The number of benzene rings is 2. The maximum Gasteiger partial charge on any atom is 0.118 e. The normalized spacial score (nSPS) is 11.3. The highest BCUT2D eigenvalue weighted by molar-refractivity contribution is 5.77. The SMILES string of the molecule is c1ccc2c(c1)ncn2-n1nnc2ccccc21. The Morgan fingerprint density at radius 1 is 0.778 bits per heavy atom. The van der Waals surface area contributed by atoms with E-state index in [4.69, 9.17) is 0 Å². The zero-order chi connectivity index (χ0) is 11.9. The largest absolute Gasteiger partial charge is 0.235 e. The van der Waals surface area contributed by atoms with Gasteiger partial charge in [-0.3, -0.25) is 0 Å². The van der Waals surface area contributed by atoms with Crippen molar-refractivity contribution in [3.8, 4) is 0 Å². The lowest BCUT2D eigenvalue weighted by molar-refractivity contribution is 0.584. The molecule has 0 bridgehead atoms. The van der Waals surface area contributed by atoms with Crippen molar-refractivity contribution in [3.63, 3.8) is 0 Å². The number of hydrogen-bond donors (Lipinski definition) is 0. The zero-order valence-corrected chi connectivity index (χ0v) is 9.43. The van der Waals surface area contributed by atoms with Crippen LogP contribution < -0.4 is 0 Å². The Balaban J connectivity index is 2.08. The summed E-state index contributed by atoms with van der Waals surface area (Å²) in [6.07, 6.45) is 1.76. The molecule has 0 aliphatic rings. The molecule has 18 heavy (non-hydrogen) atoms. The predicted octanol–water partition coefficient (Wildman–Crippen LogP) is 2.09. The smallest absolute Gasteiger partial charge is 0.118 e. The van der Waals surface area contributed by atoms with Gasteiger partial charge in [0.15, 0.2) is 0 Å². The van der Waals surface area contributed by atoms with Gasteiger partial charge in [-0.2, -0.15) is 0 Å². The standard InChI is InChI=1S/C13H9N5/c1-3-7-12-10(5-1)14-9-17(12)18-13-8-4-2-6-11(13)15-16-18/h1-9H. The quantitative estimate of drug-likeness (QED) is 0.507. The van der Waals surface area contributed by atoms with E-state index in [1.54, 1.807) is 11.1 Å². The van der Waals surface area contributed by atoms with Crippen molar-refractivity contribution >= 4 is 22.1 Å². The second-order valence-corrected chi connectivity index (χ2v) is 4.05. The maximum atomic E-state index is 4.36. The zero-order valence-electron chi connectivity index (χ0n) is 9.43. The highest BCUT2D eigenvalue weighted by Gasteiger charge is 2.08. The third kappa shape index (κ3) is 1.18. The lowest BCUT2D eigenvalue weighted by Crippen LogP contribution is -2.09. The van der Waals surface area contributed by atoms with Crippen LogP contribution in [0.5, 0.6) is 0 Å². The van der Waals surface area contributed by atoms with E-state index in [-0.39, 0.29) is 0 Å². The van der Waals surface area contributed by atoms with E-state index >= 15 is 0 Å². The van der Waals surface area contributed by atoms with E-state index in [1.165, 1.54) is 0 Å². The summed E-state index contributed by atoms with van der Waals surface area (Å²) in [5.41, 5.74) is 3.78. The molecule has 5 nitrogen and oxygen atoms in total. The van der Waals surface area contributed by atoms with Crippen molar-refractivity contribution in [2.75, 3.05) is 0 Å². The van der Waals surface area contributed by atoms with E-state index in [0.29, 0.717) is 0 Å². The lowest BCUT2D eigenvalue weighted by atomic mass is 10.3. The van der Waals surface area contributed by atoms with Gasteiger partial charge in [-0.05, 0) is 29.5 Å². The maximum absolute atomic E-state index is 4.36. The van der Waals surface area contributed by atoms with Crippen LogP contribution in [0, 0.1) is 0 Å². The summed E-state index contributed by atoms with van der Waals surface area (Å²) in [6, 6.07) is 15.8. The topological polar surface area (TPSA) is 48.5 Å². The van der Waals surface area contributed by atoms with Gasteiger partial charge in [-0.15, -0.1) is 9.89 Å². The molecule has 86 valence electrons. The second kappa shape index (κ2) is 3.40. The molecule has 0 radical (unpaired) electrons. The molecule has 0 fully saturated rings. The van der Waals surface area contributed by atoms with Gasteiger partial charge in [0.2, 0.25) is 0 Å². The molecule has 4 rings (SSSR count). The summed E-state index contributed by atoms with van der Waals surface area (Å²) in [6.45, 7) is 0. The summed E-state index contributed by atoms with van der Waals surface area (Å²) in [5, 5.41) is 8.32. The number of para-hydroxylation sites is 3. The van der Waals surface area contributed by atoms with Gasteiger partial charge in [-0.25, -0.2) is 9.66 Å². The number of fused-ring (bicyclic) bond motifs is 2. The fraction of sp³-hybridized carbons (Fsp3) is 0. The summed E-state index contributed by atoms with van der Waals surface area (Å²) in [4.78, 5) is 6.11. The van der Waals surface area contributed by atoms with Crippen molar-refractivity contribution in [3.05, 3.63) is 54.9 Å². The third-order valence-corrected chi connectivity index (χ3v) is 2.97. The van der Waals surface area contributed by atoms with Gasteiger partial charge >= 0.3 is 0 Å². The molecule has 0 spiro atoms. The molecular weight excluding hydrogens is 226 g/mol. The summed E-state index contributed by atoms with van der Waals surface area (Å²) < 4.78 is 1.89. The van der Waals surface area contributed by atoms with Crippen LogP contribution in [0.25, 0.3) is 22.1 Å². The molecule has 0 saturated carbocycles. The Labute approximate surface area is 102 Å². The first kappa shape index (κ1) is 9.35. The fourth-order valence-electron chi connectivity index (χ4n) is 2.11. The van der Waals surface area contributed by atoms with Crippen LogP contribution in [0.2, 0.25) is 0 Å². The van der Waals surface area contributed by atoms with Gasteiger partial charge in [0.25, 0.3) is 0 Å². The van der Waals surface area contributed by atoms with Crippen molar-refractivity contribution < 1.29 is 0 Å². The highest BCUT2D eigenvalue weighted by Crippen LogP contribution is 2.15. The molecule has 0 aliphatic heterocycles. The van der Waals surface area contributed by atoms with Gasteiger partial charge in [0.1, 0.15) is 17.4 Å². The van der Waals surface area contributed by atoms with Gasteiger partial charge in [0.05, 0.1) is 11.0 Å². The number of nitrogens with zero attached hydrogens (tertiary/aromatic N) is 5. The summed E-state index contributed by atoms with van der Waals surface area (Å²) >= 11 is 0. The molecule has 0 saturated heterocycles. The van der Waals surface area contributed by atoms with Crippen LogP contribution in [0.4, 0.5) is 0 Å². The number of rotatable bonds is 1. The van der Waals surface area contributed by atoms with Gasteiger partial charge in [-0.1, -0.05) is 24.3 Å². The Morgan fingerprint density at radius 3 is 2.39 bits per heavy atom. The predicted molar refractivity (Wildman–Crippen MR) is 68.1 cm³/mol. The summed E-state index contributed by atoms with van der Waals surface area (Å²) in [7, 11) is 0. The minimum atomic E-state index is 0.871. The number of aromatic nitrogens is 5. The fourth-order valence-corrected chi connectivity index (χ4v) is 2.11. The minimum Gasteiger partial charge on any atom is -0.235 e. The monoisotopic (exact) mass is 235 g/mol. The van der Waals surface area contributed by atoms with Crippen LogP contribution in [-0.2, 0) is 0 Å². The van der Waals surface area contributed by atoms with Gasteiger partial charge in [0, 0.05) is 0 Å². The molecule has 0 atom stereocenters. The first-order valence-electron chi connectivity index (χ1n) is 5.67. The van der Waals surface area contributed by atoms with E-state index < -0.39 is 0 Å². The van der Waals surface area contributed by atoms with E-state index in [9.17, 15) is 0 Å². The average molecular weight is 235 g/mol. The van der Waals surface area contributed by atoms with Crippen molar-refractivity contribution in [1.82, 2.24) is 24.8 Å². The van der Waals surface area contributed by atoms with Crippen LogP contribution in [0.3, 0.4) is 0 Å². The Morgan fingerprint density at radius 2 is 1.50 bits per heavy atom. The average Bonchev–Trinajstić information content (AvgIpc) is 3.01. The van der Waals surface area contributed by atoms with Crippen LogP contribution in [0.15, 0.2) is 54.9 Å². The third-order valence-electron chi connectivity index (χ3n) is 2.97. The van der Waals surface area contributed by atoms with Gasteiger partial charge < -0.3 is 0 Å². The molecule has 2 aromatic carbocycles. The van der Waals surface area contributed by atoms with E-state index in [1.807, 2.05) is 53.2 Å². The van der Waals surface area contributed by atoms with Crippen molar-refractivity contribution in [1.29, 1.82) is 0 Å². The Bertz CT molecular complexity index is 770. The highest BCUT2D eigenvalue weighted by atomic mass is 15.7. The molecule has 0 amide bonds. The summed E-state index contributed by atoms with van der Waals surface area (Å²) in [5.74, 6) is 0. The lowest BCUT2D eigenvalue weighted by Gasteiger charge is -2.03. The molecule has 5 heteroatoms. The minimum absolute atomic E-state index is 0.871. The van der Waals surface area contributed by atoms with Crippen LogP contribution >= 0.6 is 0 Å². The first-order chi connectivity index (χ1) is 8.93. The Kier molecular flexibility index (Phi) is 1.77. The van der Waals surface area contributed by atoms with Crippen LogP contribution in [-0.4, -0.2) is 24.8 Å². The molecular formula is C13H9N5. The number of imidazole rings is 1. The first-order valence-corrected chi connectivity index (χ1v) is 5.67. The molecule has 0 N–H and O–H groups in total. The van der Waals surface area contributed by atoms with Crippen molar-refractivity contribution in [2.45, 2.75) is 0 Å². The Hall–Kier alpha value is -2.69. The molecule has 0 unspecified atom stereocenters. The van der Waals surface area contributed by atoms with E-state index in [0.717, 1.165) is 22.1 Å². The molecule has 0 aliphatic carbocycles. The van der Waals surface area contributed by atoms with Crippen molar-refractivity contribution in [2.24, 2.45) is 0 Å². The van der Waals surface area contributed by atoms with E-state index in [2.05, 4.69) is 15.3 Å². The second-order valence-electron chi connectivity index (χ2n) is 4.05. The molecule has 2 aromatic heterocycles. The van der Waals surface area contributed by atoms with Crippen LogP contribution in [0.1, 0.15) is 0 Å². The molecule has 2 heterocycles. The molecule has 4 aromatic rings.